The molecule has 0 radical (unpaired) electrons. The van der Waals surface area contributed by atoms with Crippen LogP contribution < -0.4 is 20.8 Å². The van der Waals surface area contributed by atoms with E-state index in [0.717, 1.165) is 23.7 Å². The lowest BCUT2D eigenvalue weighted by molar-refractivity contribution is 0.350. The summed E-state index contributed by atoms with van der Waals surface area (Å²) in [7, 11) is 3.01. The summed E-state index contributed by atoms with van der Waals surface area (Å²) >= 11 is 0. The van der Waals surface area contributed by atoms with Crippen molar-refractivity contribution in [3.8, 4) is 11.5 Å². The van der Waals surface area contributed by atoms with Crippen molar-refractivity contribution in [1.82, 2.24) is 4.57 Å². The molecule has 2 aromatic rings. The van der Waals surface area contributed by atoms with Crippen LogP contribution in [0.4, 0.5) is 5.69 Å². The van der Waals surface area contributed by atoms with Crippen LogP contribution in [0.15, 0.2) is 23.0 Å². The van der Waals surface area contributed by atoms with E-state index in [1.807, 2.05) is 6.07 Å². The van der Waals surface area contributed by atoms with E-state index in [1.54, 1.807) is 16.7 Å². The molecule has 2 N–H and O–H groups in total. The molecule has 108 valence electrons. The molecule has 0 amide bonds. The fourth-order valence-corrected chi connectivity index (χ4v) is 2.34. The lowest BCUT2D eigenvalue weighted by Crippen LogP contribution is -2.23. The summed E-state index contributed by atoms with van der Waals surface area (Å²) in [5.41, 5.74) is 7.06. The third kappa shape index (κ3) is 2.31. The first kappa shape index (κ1) is 14.2. The summed E-state index contributed by atoms with van der Waals surface area (Å²) in [6.45, 7) is 2.72. The molecule has 5 nitrogen and oxygen atoms in total. The van der Waals surface area contributed by atoms with Crippen LogP contribution in [0.3, 0.4) is 0 Å². The first-order valence-corrected chi connectivity index (χ1v) is 6.68. The van der Waals surface area contributed by atoms with Crippen molar-refractivity contribution in [2.24, 2.45) is 0 Å². The van der Waals surface area contributed by atoms with E-state index in [2.05, 4.69) is 6.92 Å². The molecule has 1 heterocycles. The van der Waals surface area contributed by atoms with Gasteiger partial charge in [-0.2, -0.15) is 0 Å². The second-order valence-electron chi connectivity index (χ2n) is 4.65. The second-order valence-corrected chi connectivity index (χ2v) is 4.65. The number of hydrogen-bond donors (Lipinski definition) is 1. The van der Waals surface area contributed by atoms with Gasteiger partial charge in [-0.25, -0.2) is 0 Å². The normalized spacial score (nSPS) is 10.8. The number of nitrogens with two attached hydrogens (primary N) is 1. The highest BCUT2D eigenvalue weighted by molar-refractivity contribution is 5.90. The van der Waals surface area contributed by atoms with Crippen LogP contribution in [0.2, 0.25) is 0 Å². The zero-order valence-corrected chi connectivity index (χ0v) is 12.1. The van der Waals surface area contributed by atoms with Crippen molar-refractivity contribution in [2.75, 3.05) is 20.0 Å². The summed E-state index contributed by atoms with van der Waals surface area (Å²) in [5, 5.41) is 0.828. The number of hydrogen-bond acceptors (Lipinski definition) is 4. The van der Waals surface area contributed by atoms with Crippen LogP contribution in [0.1, 0.15) is 19.8 Å². The lowest BCUT2D eigenvalue weighted by atomic mass is 10.1. The molecule has 0 bridgehead atoms. The van der Waals surface area contributed by atoms with Gasteiger partial charge < -0.3 is 19.8 Å². The zero-order chi connectivity index (χ0) is 14.7. The third-order valence-electron chi connectivity index (χ3n) is 3.35. The molecule has 0 fully saturated rings. The molecule has 0 aliphatic rings. The van der Waals surface area contributed by atoms with Gasteiger partial charge in [0, 0.05) is 17.6 Å². The van der Waals surface area contributed by atoms with Crippen LogP contribution in [0.5, 0.6) is 11.5 Å². The van der Waals surface area contributed by atoms with Crippen LogP contribution in [0.25, 0.3) is 10.9 Å². The number of rotatable bonds is 5. The summed E-state index contributed by atoms with van der Waals surface area (Å²) in [6, 6.07) is 5.45. The number of benzene rings is 1. The highest BCUT2D eigenvalue weighted by Gasteiger charge is 2.18. The zero-order valence-electron chi connectivity index (χ0n) is 12.1. The van der Waals surface area contributed by atoms with Crippen LogP contribution >= 0.6 is 0 Å². The molecule has 5 heteroatoms. The van der Waals surface area contributed by atoms with E-state index in [0.29, 0.717) is 18.0 Å². The highest BCUT2D eigenvalue weighted by atomic mass is 16.5. The molecule has 0 atom stereocenters. The molecule has 0 aliphatic carbocycles. The maximum absolute atomic E-state index is 12.5. The van der Waals surface area contributed by atoms with Gasteiger partial charge in [-0.3, -0.25) is 4.79 Å². The lowest BCUT2D eigenvalue weighted by Gasteiger charge is -2.16. The largest absolute Gasteiger partial charge is 0.492 e. The summed E-state index contributed by atoms with van der Waals surface area (Å²) in [5.74, 6) is 0.695. The minimum atomic E-state index is -0.184. The number of nitrogens with zero attached hydrogens (tertiary/aromatic N) is 1. The molecular formula is C15H20N2O3. The Morgan fingerprint density at radius 3 is 2.50 bits per heavy atom. The minimum absolute atomic E-state index is 0.184. The van der Waals surface area contributed by atoms with Gasteiger partial charge in [-0.15, -0.1) is 0 Å². The fourth-order valence-electron chi connectivity index (χ4n) is 2.34. The predicted octanol–water partition coefficient (Wildman–Crippen LogP) is 2.40. The van der Waals surface area contributed by atoms with Crippen molar-refractivity contribution in [1.29, 1.82) is 0 Å². The average molecular weight is 276 g/mol. The van der Waals surface area contributed by atoms with E-state index in [4.69, 9.17) is 15.2 Å². The smallest absolute Gasteiger partial charge is 0.297 e. The monoisotopic (exact) mass is 276 g/mol. The Morgan fingerprint density at radius 2 is 1.90 bits per heavy atom. The Balaban J connectivity index is 2.84. The molecule has 20 heavy (non-hydrogen) atoms. The van der Waals surface area contributed by atoms with Gasteiger partial charge in [0.1, 0.15) is 0 Å². The van der Waals surface area contributed by atoms with Gasteiger partial charge in [0.25, 0.3) is 5.56 Å². The Labute approximate surface area is 117 Å². The van der Waals surface area contributed by atoms with E-state index in [9.17, 15) is 4.79 Å². The fraction of sp³-hybridized carbons (Fsp3) is 0.400. The van der Waals surface area contributed by atoms with Gasteiger partial charge in [0.2, 0.25) is 5.75 Å². The number of aromatic nitrogens is 1. The summed E-state index contributed by atoms with van der Waals surface area (Å²) in [6.07, 6.45) is 1.92. The Kier molecular flexibility index (Phi) is 4.17. The van der Waals surface area contributed by atoms with Crippen molar-refractivity contribution in [3.05, 3.63) is 28.6 Å². The number of fused-ring (bicyclic) bond motifs is 1. The molecule has 1 aromatic carbocycles. The summed E-state index contributed by atoms with van der Waals surface area (Å²) in [4.78, 5) is 12.5. The molecule has 1 aromatic heterocycles. The minimum Gasteiger partial charge on any atom is -0.492 e. The molecule has 0 unspecified atom stereocenters. The third-order valence-corrected chi connectivity index (χ3v) is 3.35. The van der Waals surface area contributed by atoms with E-state index in [1.165, 1.54) is 14.2 Å². The predicted molar refractivity (Wildman–Crippen MR) is 80.6 cm³/mol. The number of ether oxygens (including phenoxy) is 2. The number of anilines is 1. The van der Waals surface area contributed by atoms with E-state index in [-0.39, 0.29) is 11.3 Å². The number of aryl methyl sites for hydroxylation is 1. The summed E-state index contributed by atoms with van der Waals surface area (Å²) < 4.78 is 12.3. The molecular weight excluding hydrogens is 256 g/mol. The van der Waals surface area contributed by atoms with Crippen LogP contribution in [0, 0.1) is 0 Å². The first-order chi connectivity index (χ1) is 9.63. The quantitative estimate of drug-likeness (QED) is 0.852. The SMILES string of the molecule is CCCCn1c(=O)c(OC)c(OC)c2ccc(N)cc21. The van der Waals surface area contributed by atoms with Crippen LogP contribution in [-0.4, -0.2) is 18.8 Å². The van der Waals surface area contributed by atoms with Gasteiger partial charge in [0.15, 0.2) is 5.75 Å². The first-order valence-electron chi connectivity index (χ1n) is 6.68. The molecule has 0 saturated heterocycles. The molecule has 0 saturated carbocycles. The maximum Gasteiger partial charge on any atom is 0.297 e. The molecule has 0 aliphatic heterocycles. The van der Waals surface area contributed by atoms with Gasteiger partial charge in [-0.1, -0.05) is 13.3 Å². The number of methoxy groups -OCH3 is 2. The Hall–Kier alpha value is -2.17. The van der Waals surface area contributed by atoms with Crippen molar-refractivity contribution >= 4 is 16.6 Å². The number of unbranched alkanes of at least 4 members (excludes halogenated alkanes) is 1. The maximum atomic E-state index is 12.5. The van der Waals surface area contributed by atoms with Crippen molar-refractivity contribution < 1.29 is 9.47 Å². The van der Waals surface area contributed by atoms with E-state index < -0.39 is 0 Å². The van der Waals surface area contributed by atoms with Gasteiger partial charge in [0.05, 0.1) is 19.7 Å². The van der Waals surface area contributed by atoms with Gasteiger partial charge >= 0.3 is 0 Å². The Bertz CT molecular complexity index is 677. The van der Waals surface area contributed by atoms with Crippen molar-refractivity contribution in [2.45, 2.75) is 26.3 Å². The standard InChI is InChI=1S/C15H20N2O3/c1-4-5-8-17-12-9-10(16)6-7-11(12)13(19-2)14(20-3)15(17)18/h6-7,9H,4-5,8,16H2,1-3H3. The number of pyridine rings is 1. The van der Waals surface area contributed by atoms with Crippen molar-refractivity contribution in [3.63, 3.8) is 0 Å². The highest BCUT2D eigenvalue weighted by Crippen LogP contribution is 2.33. The molecule has 0 spiro atoms. The molecule has 2 rings (SSSR count). The van der Waals surface area contributed by atoms with E-state index >= 15 is 0 Å². The number of nitrogen functional groups attached to an aromatic ring is 1. The Morgan fingerprint density at radius 1 is 1.20 bits per heavy atom. The second kappa shape index (κ2) is 5.86. The van der Waals surface area contributed by atoms with Crippen LogP contribution in [-0.2, 0) is 6.54 Å². The topological polar surface area (TPSA) is 66.5 Å². The average Bonchev–Trinajstić information content (AvgIpc) is 2.45. The van der Waals surface area contributed by atoms with Gasteiger partial charge in [-0.05, 0) is 24.6 Å².